The number of halogens is 1. The lowest BCUT2D eigenvalue weighted by Gasteiger charge is -2.15. The van der Waals surface area contributed by atoms with Crippen molar-refractivity contribution < 1.29 is 9.69 Å². The molecule has 94 valence electrons. The lowest BCUT2D eigenvalue weighted by molar-refractivity contribution is -0.895. The maximum atomic E-state index is 11.8. The molecule has 0 fully saturated rings. The molecule has 0 aromatic heterocycles. The molecule has 1 aromatic carbocycles. The molecule has 0 unspecified atom stereocenters. The highest BCUT2D eigenvalue weighted by Gasteiger charge is 2.06. The minimum Gasteiger partial charge on any atom is -0.346 e. The number of benzene rings is 1. The Morgan fingerprint density at radius 1 is 1.24 bits per heavy atom. The van der Waals surface area contributed by atoms with Crippen LogP contribution in [0.5, 0.6) is 0 Å². The average molecular weight is 347 g/mol. The van der Waals surface area contributed by atoms with Gasteiger partial charge in [-0.05, 0) is 60.7 Å². The second-order valence-corrected chi connectivity index (χ2v) is 5.22. The minimum absolute atomic E-state index is 0.0213. The Kier molecular flexibility index (Phi) is 6.50. The van der Waals surface area contributed by atoms with Gasteiger partial charge in [0.25, 0.3) is 5.91 Å². The maximum absolute atomic E-state index is 11.8. The quantitative estimate of drug-likeness (QED) is 0.738. The van der Waals surface area contributed by atoms with E-state index in [1.54, 1.807) is 0 Å². The van der Waals surface area contributed by atoms with Crippen LogP contribution in [0.2, 0.25) is 0 Å². The molecular formula is C13H20IN2O+. The van der Waals surface area contributed by atoms with Gasteiger partial charge in [-0.2, -0.15) is 0 Å². The van der Waals surface area contributed by atoms with Crippen molar-refractivity contribution in [3.63, 3.8) is 0 Å². The monoisotopic (exact) mass is 347 g/mol. The molecule has 1 aromatic rings. The fourth-order valence-electron chi connectivity index (χ4n) is 1.66. The molecule has 0 heterocycles. The summed E-state index contributed by atoms with van der Waals surface area (Å²) >= 11 is 2.23. The van der Waals surface area contributed by atoms with Crippen molar-refractivity contribution in [3.05, 3.63) is 33.4 Å². The zero-order valence-corrected chi connectivity index (χ0v) is 12.6. The average Bonchev–Trinajstić information content (AvgIpc) is 2.35. The Labute approximate surface area is 117 Å². The van der Waals surface area contributed by atoms with Crippen LogP contribution in [-0.2, 0) is 0 Å². The van der Waals surface area contributed by atoms with E-state index in [2.05, 4.69) is 41.8 Å². The van der Waals surface area contributed by atoms with Gasteiger partial charge in [-0.15, -0.1) is 0 Å². The summed E-state index contributed by atoms with van der Waals surface area (Å²) in [7, 11) is 0. The van der Waals surface area contributed by atoms with Crippen LogP contribution >= 0.6 is 22.6 Å². The van der Waals surface area contributed by atoms with Crippen LogP contribution in [0.4, 0.5) is 0 Å². The molecule has 0 bridgehead atoms. The predicted octanol–water partition coefficient (Wildman–Crippen LogP) is 0.946. The largest absolute Gasteiger partial charge is 0.346 e. The molecule has 0 aliphatic heterocycles. The van der Waals surface area contributed by atoms with Gasteiger partial charge in [-0.25, -0.2) is 0 Å². The summed E-state index contributed by atoms with van der Waals surface area (Å²) in [5.41, 5.74) is 0.736. The van der Waals surface area contributed by atoms with E-state index < -0.39 is 0 Å². The van der Waals surface area contributed by atoms with Gasteiger partial charge in [0.05, 0.1) is 26.2 Å². The molecule has 0 radical (unpaired) electrons. The summed E-state index contributed by atoms with van der Waals surface area (Å²) in [6, 6.07) is 7.62. The highest BCUT2D eigenvalue weighted by atomic mass is 127. The van der Waals surface area contributed by atoms with Crippen LogP contribution in [-0.4, -0.2) is 32.1 Å². The topological polar surface area (TPSA) is 33.5 Å². The Morgan fingerprint density at radius 3 is 2.35 bits per heavy atom. The van der Waals surface area contributed by atoms with E-state index in [1.165, 1.54) is 4.90 Å². The number of carbonyl (C=O) groups is 1. The third kappa shape index (κ3) is 5.04. The van der Waals surface area contributed by atoms with Crippen molar-refractivity contribution in [1.82, 2.24) is 5.32 Å². The van der Waals surface area contributed by atoms with Gasteiger partial charge in [0, 0.05) is 9.13 Å². The number of hydrogen-bond donors (Lipinski definition) is 2. The number of rotatable bonds is 6. The zero-order chi connectivity index (χ0) is 12.7. The molecule has 1 rings (SSSR count). The van der Waals surface area contributed by atoms with Gasteiger partial charge in [-0.3, -0.25) is 4.79 Å². The van der Waals surface area contributed by atoms with Crippen molar-refractivity contribution in [2.24, 2.45) is 0 Å². The van der Waals surface area contributed by atoms with E-state index in [4.69, 9.17) is 0 Å². The Hall–Kier alpha value is -0.620. The van der Waals surface area contributed by atoms with Crippen LogP contribution in [0, 0.1) is 3.57 Å². The van der Waals surface area contributed by atoms with E-state index in [9.17, 15) is 4.79 Å². The van der Waals surface area contributed by atoms with Crippen molar-refractivity contribution in [2.45, 2.75) is 13.8 Å². The fraction of sp³-hybridized carbons (Fsp3) is 0.462. The summed E-state index contributed by atoms with van der Waals surface area (Å²) in [4.78, 5) is 13.3. The third-order valence-electron chi connectivity index (χ3n) is 2.87. The number of carbonyl (C=O) groups excluding carboxylic acids is 1. The summed E-state index contributed by atoms with van der Waals surface area (Å²) in [6.07, 6.45) is 0. The lowest BCUT2D eigenvalue weighted by atomic mass is 10.2. The molecule has 1 amide bonds. The number of quaternary nitrogens is 1. The van der Waals surface area contributed by atoms with E-state index in [0.29, 0.717) is 0 Å². The molecule has 0 aliphatic carbocycles. The number of amides is 1. The highest BCUT2D eigenvalue weighted by Crippen LogP contribution is 2.06. The summed E-state index contributed by atoms with van der Waals surface area (Å²) in [5, 5.41) is 2.96. The third-order valence-corrected chi connectivity index (χ3v) is 3.59. The van der Waals surface area contributed by atoms with Gasteiger partial charge in [0.2, 0.25) is 0 Å². The molecular weight excluding hydrogens is 327 g/mol. The Balaban J connectivity index is 2.37. The van der Waals surface area contributed by atoms with Crippen molar-refractivity contribution in [1.29, 1.82) is 0 Å². The molecule has 4 heteroatoms. The number of likely N-dealkylation sites (N-methyl/N-ethyl adjacent to an activating group) is 1. The van der Waals surface area contributed by atoms with Gasteiger partial charge in [-0.1, -0.05) is 0 Å². The van der Waals surface area contributed by atoms with Crippen LogP contribution in [0.25, 0.3) is 0 Å². The fourth-order valence-corrected chi connectivity index (χ4v) is 2.02. The van der Waals surface area contributed by atoms with Crippen LogP contribution in [0.3, 0.4) is 0 Å². The van der Waals surface area contributed by atoms with E-state index in [1.807, 2.05) is 24.3 Å². The molecule has 0 atom stereocenters. The highest BCUT2D eigenvalue weighted by molar-refractivity contribution is 14.1. The molecule has 0 saturated carbocycles. The maximum Gasteiger partial charge on any atom is 0.251 e. The van der Waals surface area contributed by atoms with Crippen molar-refractivity contribution >= 4 is 28.5 Å². The Morgan fingerprint density at radius 2 is 1.82 bits per heavy atom. The second kappa shape index (κ2) is 7.66. The zero-order valence-electron chi connectivity index (χ0n) is 10.4. The first-order chi connectivity index (χ1) is 8.17. The van der Waals surface area contributed by atoms with Crippen molar-refractivity contribution in [3.8, 4) is 0 Å². The van der Waals surface area contributed by atoms with E-state index >= 15 is 0 Å². The molecule has 3 nitrogen and oxygen atoms in total. The second-order valence-electron chi connectivity index (χ2n) is 3.97. The smallest absolute Gasteiger partial charge is 0.251 e. The standard InChI is InChI=1S/C13H19IN2O/c1-3-16(4-2)10-9-15-13(17)11-5-7-12(14)8-6-11/h5-8H,3-4,9-10H2,1-2H3,(H,15,17)/p+1. The molecule has 0 aliphatic rings. The van der Waals surface area contributed by atoms with Gasteiger partial charge in [0.15, 0.2) is 0 Å². The van der Waals surface area contributed by atoms with Gasteiger partial charge >= 0.3 is 0 Å². The van der Waals surface area contributed by atoms with Crippen LogP contribution in [0.1, 0.15) is 24.2 Å². The number of nitrogens with one attached hydrogen (secondary N) is 2. The van der Waals surface area contributed by atoms with Crippen molar-refractivity contribution in [2.75, 3.05) is 26.2 Å². The van der Waals surface area contributed by atoms with E-state index in [0.717, 1.165) is 35.3 Å². The molecule has 2 N–H and O–H groups in total. The van der Waals surface area contributed by atoms with Gasteiger partial charge in [0.1, 0.15) is 0 Å². The normalized spacial score (nSPS) is 10.6. The first kappa shape index (κ1) is 14.4. The predicted molar refractivity (Wildman–Crippen MR) is 78.4 cm³/mol. The molecule has 0 saturated heterocycles. The molecule has 0 spiro atoms. The summed E-state index contributed by atoms with van der Waals surface area (Å²) in [5.74, 6) is 0.0213. The summed E-state index contributed by atoms with van der Waals surface area (Å²) in [6.45, 7) is 8.27. The summed E-state index contributed by atoms with van der Waals surface area (Å²) < 4.78 is 1.15. The lowest BCUT2D eigenvalue weighted by Crippen LogP contribution is -3.12. The van der Waals surface area contributed by atoms with Crippen LogP contribution < -0.4 is 10.2 Å². The molecule has 17 heavy (non-hydrogen) atoms. The first-order valence-electron chi connectivity index (χ1n) is 6.04. The van der Waals surface area contributed by atoms with Gasteiger partial charge < -0.3 is 10.2 Å². The minimum atomic E-state index is 0.0213. The SMILES string of the molecule is CC[NH+](CC)CCNC(=O)c1ccc(I)cc1. The van der Waals surface area contributed by atoms with Crippen LogP contribution in [0.15, 0.2) is 24.3 Å². The van der Waals surface area contributed by atoms with E-state index in [-0.39, 0.29) is 5.91 Å². The Bertz CT molecular complexity index is 347. The number of hydrogen-bond acceptors (Lipinski definition) is 1. The first-order valence-corrected chi connectivity index (χ1v) is 7.12.